The smallest absolute Gasteiger partial charge is 0.296 e. The highest BCUT2D eigenvalue weighted by molar-refractivity contribution is 7.99. The van der Waals surface area contributed by atoms with Crippen LogP contribution in [0.3, 0.4) is 0 Å². The van der Waals surface area contributed by atoms with E-state index in [-0.39, 0.29) is 16.1 Å². The van der Waals surface area contributed by atoms with Crippen LogP contribution in [0.25, 0.3) is 0 Å². The van der Waals surface area contributed by atoms with Gasteiger partial charge < -0.3 is 0 Å². The Hall–Kier alpha value is -1.10. The number of benzene rings is 2. The maximum atomic E-state index is 14.4. The van der Waals surface area contributed by atoms with E-state index >= 15 is 0 Å². The maximum absolute atomic E-state index is 14.4. The van der Waals surface area contributed by atoms with Gasteiger partial charge in [-0.2, -0.15) is 13.2 Å². The second kappa shape index (κ2) is 10.5. The largest absolute Gasteiger partial charge is 0.417 e. The summed E-state index contributed by atoms with van der Waals surface area (Å²) in [6.45, 7) is 0.372. The Bertz CT molecular complexity index is 834. The van der Waals surface area contributed by atoms with Gasteiger partial charge in [-0.25, -0.2) is 4.39 Å². The average Bonchev–Trinajstić information content (AvgIpc) is 3.18. The first-order chi connectivity index (χ1) is 14.4. The summed E-state index contributed by atoms with van der Waals surface area (Å²) in [6, 6.07) is 11.6. The van der Waals surface area contributed by atoms with Crippen molar-refractivity contribution >= 4 is 21.2 Å². The van der Waals surface area contributed by atoms with E-state index in [1.54, 1.807) is 18.2 Å². The molecule has 0 bridgehead atoms. The quantitative estimate of drug-likeness (QED) is 0.181. The number of nitrogens with one attached hydrogen (secondary N) is 1. The molecule has 1 nitrogen and oxygen atoms in total. The van der Waals surface area contributed by atoms with Crippen molar-refractivity contribution in [1.29, 1.82) is 0 Å². The fourth-order valence-electron chi connectivity index (χ4n) is 4.50. The first kappa shape index (κ1) is 23.6. The van der Waals surface area contributed by atoms with Gasteiger partial charge in [-0.05, 0) is 66.2 Å². The van der Waals surface area contributed by atoms with Crippen molar-refractivity contribution in [3.8, 4) is 0 Å². The van der Waals surface area contributed by atoms with Crippen molar-refractivity contribution in [2.75, 3.05) is 5.75 Å². The number of alkyl halides is 3. The number of hydrogen-bond donors (Lipinski definition) is 1. The molecule has 0 saturated heterocycles. The Labute approximate surface area is 182 Å². The monoisotopic (exact) mass is 457 g/mol. The topological polar surface area (TPSA) is 12.0 Å². The lowest BCUT2D eigenvalue weighted by Gasteiger charge is -2.30. The summed E-state index contributed by atoms with van der Waals surface area (Å²) in [6.07, 6.45) is 2.42. The van der Waals surface area contributed by atoms with E-state index in [4.69, 9.17) is 0 Å². The van der Waals surface area contributed by atoms with Gasteiger partial charge >= 0.3 is 6.18 Å². The van der Waals surface area contributed by atoms with Gasteiger partial charge in [-0.3, -0.25) is 5.09 Å². The van der Waals surface area contributed by atoms with Crippen LogP contribution < -0.4 is 5.09 Å². The van der Waals surface area contributed by atoms with Crippen molar-refractivity contribution in [2.24, 2.45) is 0 Å². The Kier molecular flexibility index (Phi) is 8.23. The molecule has 0 aliphatic heterocycles. The van der Waals surface area contributed by atoms with Crippen LogP contribution in [0.1, 0.15) is 61.6 Å². The second-order valence-corrected chi connectivity index (χ2v) is 9.53. The standard InChI is InChI=1S/C23H28F4NPS/c24-20-8-2-1-7-18(20)22(11-3-4-12-22)13-5-6-14-30-21-10-9-17(16-28-29)15-19(21)23(25,26)27/h1-2,7-10,15,28H,3-6,11-14,16,29H2. The SMILES string of the molecule is Fc1ccccc1C1(CCCCSc2ccc(CNP)cc2C(F)(F)F)CCCC1. The summed E-state index contributed by atoms with van der Waals surface area (Å²) >= 11 is 1.26. The molecule has 1 aliphatic rings. The summed E-state index contributed by atoms with van der Waals surface area (Å²) in [5, 5.41) is 2.81. The molecule has 1 fully saturated rings. The van der Waals surface area contributed by atoms with Gasteiger partial charge in [-0.15, -0.1) is 11.8 Å². The molecular weight excluding hydrogens is 429 g/mol. The van der Waals surface area contributed by atoms with Crippen molar-refractivity contribution in [1.82, 2.24) is 5.09 Å². The molecule has 0 spiro atoms. The van der Waals surface area contributed by atoms with Gasteiger partial charge in [0.2, 0.25) is 0 Å². The number of rotatable bonds is 9. The van der Waals surface area contributed by atoms with E-state index in [1.807, 2.05) is 12.1 Å². The molecule has 1 unspecified atom stereocenters. The minimum Gasteiger partial charge on any atom is -0.296 e. The molecule has 1 atom stereocenters. The molecule has 30 heavy (non-hydrogen) atoms. The average molecular weight is 458 g/mol. The molecule has 1 saturated carbocycles. The maximum Gasteiger partial charge on any atom is 0.417 e. The van der Waals surface area contributed by atoms with E-state index in [0.717, 1.165) is 50.5 Å². The number of thioether (sulfide) groups is 1. The molecule has 164 valence electrons. The molecule has 0 radical (unpaired) electrons. The van der Waals surface area contributed by atoms with E-state index in [2.05, 4.69) is 14.5 Å². The second-order valence-electron chi connectivity index (χ2n) is 7.98. The van der Waals surface area contributed by atoms with Gasteiger partial charge in [-0.1, -0.05) is 52.9 Å². The molecule has 7 heteroatoms. The summed E-state index contributed by atoms with van der Waals surface area (Å²) < 4.78 is 54.8. The van der Waals surface area contributed by atoms with Crippen LogP contribution in [0.5, 0.6) is 0 Å². The third kappa shape index (κ3) is 5.77. The Morgan fingerprint density at radius 3 is 2.43 bits per heavy atom. The Balaban J connectivity index is 1.59. The molecule has 0 heterocycles. The molecule has 1 aliphatic carbocycles. The van der Waals surface area contributed by atoms with Crippen LogP contribution in [0, 0.1) is 5.82 Å². The van der Waals surface area contributed by atoms with E-state index < -0.39 is 11.7 Å². The highest BCUT2D eigenvalue weighted by Crippen LogP contribution is 2.46. The first-order valence-electron chi connectivity index (χ1n) is 10.4. The molecule has 0 amide bonds. The van der Waals surface area contributed by atoms with Gasteiger partial charge in [0.25, 0.3) is 0 Å². The normalized spacial score (nSPS) is 16.2. The van der Waals surface area contributed by atoms with Crippen LogP contribution in [0.4, 0.5) is 17.6 Å². The van der Waals surface area contributed by atoms with Gasteiger partial charge in [0.1, 0.15) is 5.82 Å². The Morgan fingerprint density at radius 1 is 1.03 bits per heavy atom. The van der Waals surface area contributed by atoms with Gasteiger partial charge in [0, 0.05) is 11.4 Å². The van der Waals surface area contributed by atoms with Crippen LogP contribution in [0.2, 0.25) is 0 Å². The highest BCUT2D eigenvalue weighted by atomic mass is 32.2. The molecule has 1 N–H and O–H groups in total. The van der Waals surface area contributed by atoms with Crippen molar-refractivity contribution in [3.63, 3.8) is 0 Å². The third-order valence-corrected chi connectivity index (χ3v) is 7.33. The number of halogens is 4. The fraction of sp³-hybridized carbons (Fsp3) is 0.478. The minimum absolute atomic E-state index is 0.111. The zero-order chi connectivity index (χ0) is 21.6. The zero-order valence-electron chi connectivity index (χ0n) is 16.9. The van der Waals surface area contributed by atoms with Crippen molar-refractivity contribution < 1.29 is 17.6 Å². The first-order valence-corrected chi connectivity index (χ1v) is 11.9. The molecule has 0 aromatic heterocycles. The summed E-state index contributed by atoms with van der Waals surface area (Å²) in [5.74, 6) is 0.487. The highest BCUT2D eigenvalue weighted by Gasteiger charge is 2.37. The molecular formula is C23H28F4NPS. The van der Waals surface area contributed by atoms with Crippen molar-refractivity contribution in [3.05, 3.63) is 65.0 Å². The predicted molar refractivity (Wildman–Crippen MR) is 119 cm³/mol. The lowest BCUT2D eigenvalue weighted by atomic mass is 9.75. The van der Waals surface area contributed by atoms with E-state index in [9.17, 15) is 17.6 Å². The zero-order valence-corrected chi connectivity index (χ0v) is 18.9. The van der Waals surface area contributed by atoms with Crippen LogP contribution in [0.15, 0.2) is 47.4 Å². The molecule has 2 aromatic carbocycles. The molecule has 3 rings (SSSR count). The van der Waals surface area contributed by atoms with E-state index in [0.29, 0.717) is 17.9 Å². The third-order valence-electron chi connectivity index (χ3n) is 5.97. The number of unbranched alkanes of at least 4 members (excludes halogenated alkanes) is 1. The van der Waals surface area contributed by atoms with Crippen molar-refractivity contribution in [2.45, 2.75) is 68.0 Å². The summed E-state index contributed by atoms with van der Waals surface area (Å²) in [7, 11) is 2.30. The Morgan fingerprint density at radius 2 is 1.77 bits per heavy atom. The summed E-state index contributed by atoms with van der Waals surface area (Å²) in [5.41, 5.74) is 0.742. The van der Waals surface area contributed by atoms with Crippen LogP contribution >= 0.6 is 21.2 Å². The minimum atomic E-state index is -4.36. The van der Waals surface area contributed by atoms with E-state index in [1.165, 1.54) is 23.9 Å². The summed E-state index contributed by atoms with van der Waals surface area (Å²) in [4.78, 5) is 0.277. The lowest BCUT2D eigenvalue weighted by molar-refractivity contribution is -0.139. The van der Waals surface area contributed by atoms with Crippen LogP contribution in [-0.4, -0.2) is 5.75 Å². The van der Waals surface area contributed by atoms with Crippen LogP contribution in [-0.2, 0) is 18.1 Å². The van der Waals surface area contributed by atoms with Gasteiger partial charge in [0.15, 0.2) is 0 Å². The predicted octanol–water partition coefficient (Wildman–Crippen LogP) is 7.50. The fourth-order valence-corrected chi connectivity index (χ4v) is 5.80. The molecule has 2 aromatic rings. The van der Waals surface area contributed by atoms with Gasteiger partial charge in [0.05, 0.1) is 5.56 Å². The number of hydrogen-bond acceptors (Lipinski definition) is 2. The lowest BCUT2D eigenvalue weighted by Crippen LogP contribution is -2.23.